The Morgan fingerprint density at radius 3 is 2.10 bits per heavy atom. The number of nitrogens with one attached hydrogen (secondary N) is 2. The molecule has 31 heavy (non-hydrogen) atoms. The molecule has 156 valence electrons. The zero-order chi connectivity index (χ0) is 22.1. The molecule has 4 rings (SSSR count). The molecule has 0 saturated heterocycles. The van der Waals surface area contributed by atoms with Gasteiger partial charge in [0.15, 0.2) is 5.69 Å². The summed E-state index contributed by atoms with van der Waals surface area (Å²) < 4.78 is 1.04. The van der Waals surface area contributed by atoms with Crippen LogP contribution >= 0.6 is 0 Å². The Kier molecular flexibility index (Phi) is 5.04. The molecule has 0 fully saturated rings. The maximum Gasteiger partial charge on any atom is 0.290 e. The maximum atomic E-state index is 12.5. The first-order valence-electron chi connectivity index (χ1n) is 9.39. The second kappa shape index (κ2) is 7.82. The van der Waals surface area contributed by atoms with E-state index in [1.807, 2.05) is 0 Å². The van der Waals surface area contributed by atoms with Crippen LogP contribution in [0.15, 0.2) is 53.3 Å². The third-order valence-electron chi connectivity index (χ3n) is 4.93. The molecule has 0 aliphatic carbocycles. The largest absolute Gasteiger partial charge is 0.290 e. The van der Waals surface area contributed by atoms with Crippen LogP contribution in [0, 0.1) is 0 Å². The van der Waals surface area contributed by atoms with Crippen LogP contribution in [0.5, 0.6) is 0 Å². The highest BCUT2D eigenvalue weighted by Crippen LogP contribution is 2.22. The topological polar surface area (TPSA) is 130 Å². The van der Waals surface area contributed by atoms with Crippen LogP contribution in [0.1, 0.15) is 37.6 Å². The minimum absolute atomic E-state index is 0.0293. The Bertz CT molecular complexity index is 1280. The molecule has 2 aromatic carbocycles. The van der Waals surface area contributed by atoms with Crippen molar-refractivity contribution in [3.8, 4) is 0 Å². The van der Waals surface area contributed by atoms with E-state index in [4.69, 9.17) is 0 Å². The lowest BCUT2D eigenvalue weighted by Crippen LogP contribution is -2.44. The van der Waals surface area contributed by atoms with E-state index < -0.39 is 23.6 Å². The van der Waals surface area contributed by atoms with Crippen molar-refractivity contribution in [2.45, 2.75) is 6.42 Å². The number of hydrogen-bond donors (Lipinski definition) is 2. The first-order chi connectivity index (χ1) is 14.9. The van der Waals surface area contributed by atoms with E-state index >= 15 is 0 Å². The zero-order valence-corrected chi connectivity index (χ0v) is 16.4. The van der Waals surface area contributed by atoms with Crippen molar-refractivity contribution in [2.24, 2.45) is 7.05 Å². The van der Waals surface area contributed by atoms with E-state index in [1.165, 1.54) is 7.05 Å². The molecule has 0 unspecified atom stereocenters. The van der Waals surface area contributed by atoms with Crippen molar-refractivity contribution in [3.05, 3.63) is 75.7 Å². The number of amides is 4. The number of fused-ring (bicyclic) bond motifs is 2. The SMILES string of the molecule is Cn1nc(C(=O)NNC(=O)CCN2C(=O)c3ccccc3C2=O)c2ccccc2c1=O. The average Bonchev–Trinajstić information content (AvgIpc) is 3.03. The van der Waals surface area contributed by atoms with Crippen molar-refractivity contribution in [2.75, 3.05) is 6.54 Å². The fourth-order valence-corrected chi connectivity index (χ4v) is 3.37. The third-order valence-corrected chi connectivity index (χ3v) is 4.93. The highest BCUT2D eigenvalue weighted by atomic mass is 16.2. The third kappa shape index (κ3) is 3.54. The minimum atomic E-state index is -0.708. The fraction of sp³-hybridized carbons (Fsp3) is 0.143. The number of aryl methyl sites for hydroxylation is 1. The van der Waals surface area contributed by atoms with Crippen LogP contribution in [-0.4, -0.2) is 44.9 Å². The predicted molar refractivity (Wildman–Crippen MR) is 109 cm³/mol. The van der Waals surface area contributed by atoms with Crippen molar-refractivity contribution in [3.63, 3.8) is 0 Å². The van der Waals surface area contributed by atoms with Gasteiger partial charge in [-0.1, -0.05) is 30.3 Å². The van der Waals surface area contributed by atoms with Crippen LogP contribution in [0.25, 0.3) is 10.8 Å². The number of rotatable bonds is 4. The molecule has 0 atom stereocenters. The maximum absolute atomic E-state index is 12.5. The number of hydrogen-bond acceptors (Lipinski definition) is 6. The van der Waals surface area contributed by atoms with E-state index in [1.54, 1.807) is 48.5 Å². The lowest BCUT2D eigenvalue weighted by Gasteiger charge is -2.14. The molecule has 0 saturated carbocycles. The molecule has 2 heterocycles. The van der Waals surface area contributed by atoms with E-state index in [9.17, 15) is 24.0 Å². The van der Waals surface area contributed by atoms with Gasteiger partial charge in [-0.2, -0.15) is 5.10 Å². The molecule has 0 bridgehead atoms. The molecule has 10 heteroatoms. The first-order valence-corrected chi connectivity index (χ1v) is 9.39. The summed E-state index contributed by atoms with van der Waals surface area (Å²) in [5, 5.41) is 4.65. The smallest absolute Gasteiger partial charge is 0.274 e. The summed E-state index contributed by atoms with van der Waals surface area (Å²) in [4.78, 5) is 62.5. The molecule has 0 radical (unpaired) electrons. The second-order valence-electron chi connectivity index (χ2n) is 6.88. The molecular formula is C21H17N5O5. The average molecular weight is 419 g/mol. The summed E-state index contributed by atoms with van der Waals surface area (Å²) in [5.41, 5.74) is 4.71. The quantitative estimate of drug-likeness (QED) is 0.464. The molecule has 1 aliphatic heterocycles. The van der Waals surface area contributed by atoms with Crippen molar-refractivity contribution in [1.82, 2.24) is 25.5 Å². The molecule has 3 aromatic rings. The summed E-state index contributed by atoms with van der Waals surface area (Å²) in [5.74, 6) is -2.23. The van der Waals surface area contributed by atoms with Crippen molar-refractivity contribution >= 4 is 34.4 Å². The highest BCUT2D eigenvalue weighted by Gasteiger charge is 2.35. The second-order valence-corrected chi connectivity index (χ2v) is 6.88. The van der Waals surface area contributed by atoms with Crippen molar-refractivity contribution in [1.29, 1.82) is 0 Å². The number of imide groups is 1. The van der Waals surface area contributed by atoms with Gasteiger partial charge in [0.2, 0.25) is 5.91 Å². The van der Waals surface area contributed by atoms with Crippen LogP contribution in [0.4, 0.5) is 0 Å². The van der Waals surface area contributed by atoms with E-state index in [-0.39, 0.29) is 24.2 Å². The van der Waals surface area contributed by atoms with Crippen LogP contribution in [-0.2, 0) is 11.8 Å². The van der Waals surface area contributed by atoms with Gasteiger partial charge in [0.25, 0.3) is 23.3 Å². The number of benzene rings is 2. The van der Waals surface area contributed by atoms with Gasteiger partial charge in [-0.25, -0.2) is 4.68 Å². The number of nitrogens with zero attached hydrogens (tertiary/aromatic N) is 3. The molecule has 10 nitrogen and oxygen atoms in total. The van der Waals surface area contributed by atoms with Crippen LogP contribution < -0.4 is 16.4 Å². The molecule has 4 amide bonds. The summed E-state index contributed by atoms with van der Waals surface area (Å²) in [6.45, 7) is -0.130. The van der Waals surface area contributed by atoms with Crippen LogP contribution in [0.2, 0.25) is 0 Å². The van der Waals surface area contributed by atoms with E-state index in [2.05, 4.69) is 16.0 Å². The monoisotopic (exact) mass is 419 g/mol. The summed E-state index contributed by atoms with van der Waals surface area (Å²) in [6, 6.07) is 12.9. The van der Waals surface area contributed by atoms with Crippen molar-refractivity contribution < 1.29 is 19.2 Å². The van der Waals surface area contributed by atoms with E-state index in [0.29, 0.717) is 21.9 Å². The number of hydrazine groups is 1. The lowest BCUT2D eigenvalue weighted by molar-refractivity contribution is -0.121. The van der Waals surface area contributed by atoms with Crippen LogP contribution in [0.3, 0.4) is 0 Å². The lowest BCUT2D eigenvalue weighted by atomic mass is 10.1. The number of aromatic nitrogens is 2. The standard InChI is InChI=1S/C21H17N5O5/c1-25-19(29)13-7-3-2-6-12(13)17(24-25)18(28)23-22-16(27)10-11-26-20(30)14-8-4-5-9-15(14)21(26)31/h2-9H,10-11H2,1H3,(H,22,27)(H,23,28). The van der Waals surface area contributed by atoms with Gasteiger partial charge in [0.05, 0.1) is 16.5 Å². The highest BCUT2D eigenvalue weighted by molar-refractivity contribution is 6.21. The minimum Gasteiger partial charge on any atom is -0.274 e. The Morgan fingerprint density at radius 1 is 0.871 bits per heavy atom. The molecule has 1 aromatic heterocycles. The Labute approximate surface area is 175 Å². The molecule has 1 aliphatic rings. The normalized spacial score (nSPS) is 12.7. The van der Waals surface area contributed by atoms with Gasteiger partial charge in [0, 0.05) is 25.4 Å². The molecule has 0 spiro atoms. The first kappa shape index (κ1) is 20.0. The summed E-state index contributed by atoms with van der Waals surface area (Å²) in [7, 11) is 1.42. The Balaban J connectivity index is 1.39. The number of carbonyl (C=O) groups is 4. The molecule has 2 N–H and O–H groups in total. The van der Waals surface area contributed by atoms with Gasteiger partial charge >= 0.3 is 0 Å². The fourth-order valence-electron chi connectivity index (χ4n) is 3.37. The Hall–Kier alpha value is -4.34. The molecular weight excluding hydrogens is 402 g/mol. The van der Waals surface area contributed by atoms with E-state index in [0.717, 1.165) is 9.58 Å². The summed E-state index contributed by atoms with van der Waals surface area (Å²) >= 11 is 0. The Morgan fingerprint density at radius 2 is 1.45 bits per heavy atom. The summed E-state index contributed by atoms with van der Waals surface area (Å²) in [6.07, 6.45) is -0.201. The van der Waals surface area contributed by atoms with Gasteiger partial charge in [-0.05, 0) is 18.2 Å². The van der Waals surface area contributed by atoms with Gasteiger partial charge in [-0.15, -0.1) is 0 Å². The van der Waals surface area contributed by atoms with Gasteiger partial charge in [-0.3, -0.25) is 39.7 Å². The van der Waals surface area contributed by atoms with Gasteiger partial charge in [0.1, 0.15) is 0 Å². The zero-order valence-electron chi connectivity index (χ0n) is 16.4. The van der Waals surface area contributed by atoms with Gasteiger partial charge < -0.3 is 0 Å². The number of carbonyl (C=O) groups excluding carboxylic acids is 4. The predicted octanol–water partition coefficient (Wildman–Crippen LogP) is 0.381.